The SMILES string of the molecule is Cc1cccc(COc2ccc(N)c(C(=O)O)c2)n1. The molecule has 0 unspecified atom stereocenters. The standard InChI is InChI=1S/C14H14N2O3/c1-9-3-2-4-10(16-9)8-19-11-5-6-13(15)12(7-11)14(17)18/h2-7H,8,15H2,1H3,(H,17,18). The number of ether oxygens (including phenoxy) is 1. The van der Waals surface area contributed by atoms with Gasteiger partial charge in [-0.25, -0.2) is 4.79 Å². The van der Waals surface area contributed by atoms with Gasteiger partial charge < -0.3 is 15.6 Å². The van der Waals surface area contributed by atoms with Gasteiger partial charge in [0.05, 0.1) is 11.3 Å². The van der Waals surface area contributed by atoms with Gasteiger partial charge in [-0.3, -0.25) is 4.98 Å². The summed E-state index contributed by atoms with van der Waals surface area (Å²) in [5.74, 6) is -0.619. The molecule has 0 radical (unpaired) electrons. The number of aromatic carboxylic acids is 1. The molecular weight excluding hydrogens is 244 g/mol. The Labute approximate surface area is 110 Å². The van der Waals surface area contributed by atoms with E-state index in [0.717, 1.165) is 11.4 Å². The molecule has 0 amide bonds. The first-order valence-corrected chi connectivity index (χ1v) is 5.74. The van der Waals surface area contributed by atoms with Crippen LogP contribution in [0, 0.1) is 6.92 Å². The second kappa shape index (κ2) is 5.39. The first kappa shape index (κ1) is 12.9. The highest BCUT2D eigenvalue weighted by Gasteiger charge is 2.09. The molecule has 0 saturated heterocycles. The van der Waals surface area contributed by atoms with Crippen LogP contribution in [0.4, 0.5) is 5.69 Å². The maximum absolute atomic E-state index is 10.9. The van der Waals surface area contributed by atoms with Crippen molar-refractivity contribution in [2.45, 2.75) is 13.5 Å². The number of pyridine rings is 1. The number of carboxylic acids is 1. The van der Waals surface area contributed by atoms with Crippen molar-refractivity contribution in [2.24, 2.45) is 0 Å². The molecule has 0 atom stereocenters. The van der Waals surface area contributed by atoms with Gasteiger partial charge in [-0.05, 0) is 37.3 Å². The predicted octanol–water partition coefficient (Wildman–Crippen LogP) is 2.25. The van der Waals surface area contributed by atoms with E-state index in [9.17, 15) is 4.79 Å². The number of anilines is 1. The molecule has 5 heteroatoms. The smallest absolute Gasteiger partial charge is 0.337 e. The van der Waals surface area contributed by atoms with Gasteiger partial charge in [0, 0.05) is 11.4 Å². The molecule has 98 valence electrons. The molecule has 1 heterocycles. The second-order valence-corrected chi connectivity index (χ2v) is 4.11. The summed E-state index contributed by atoms with van der Waals surface area (Å²) in [6, 6.07) is 10.2. The zero-order chi connectivity index (χ0) is 13.8. The summed E-state index contributed by atoms with van der Waals surface area (Å²) in [6.45, 7) is 2.18. The third-order valence-electron chi connectivity index (χ3n) is 2.59. The van der Waals surface area contributed by atoms with Crippen LogP contribution in [0.5, 0.6) is 5.75 Å². The Bertz CT molecular complexity index is 611. The molecule has 1 aromatic carbocycles. The van der Waals surface area contributed by atoms with E-state index < -0.39 is 5.97 Å². The highest BCUT2D eigenvalue weighted by Crippen LogP contribution is 2.20. The number of rotatable bonds is 4. The van der Waals surface area contributed by atoms with Crippen molar-refractivity contribution in [3.05, 3.63) is 53.3 Å². The first-order valence-electron chi connectivity index (χ1n) is 5.74. The summed E-state index contributed by atoms with van der Waals surface area (Å²) in [5.41, 5.74) is 7.51. The van der Waals surface area contributed by atoms with Crippen LogP contribution >= 0.6 is 0 Å². The number of aryl methyl sites for hydroxylation is 1. The maximum Gasteiger partial charge on any atom is 0.337 e. The molecule has 19 heavy (non-hydrogen) atoms. The number of benzene rings is 1. The lowest BCUT2D eigenvalue weighted by Gasteiger charge is -2.08. The summed E-state index contributed by atoms with van der Waals surface area (Å²) < 4.78 is 5.51. The lowest BCUT2D eigenvalue weighted by Crippen LogP contribution is -2.04. The average Bonchev–Trinajstić information content (AvgIpc) is 2.37. The zero-order valence-electron chi connectivity index (χ0n) is 10.5. The summed E-state index contributed by atoms with van der Waals surface area (Å²) in [6.07, 6.45) is 0. The molecule has 5 nitrogen and oxygen atoms in total. The van der Waals surface area contributed by atoms with Crippen LogP contribution in [0.1, 0.15) is 21.7 Å². The number of nitrogen functional groups attached to an aromatic ring is 1. The van der Waals surface area contributed by atoms with Crippen molar-refractivity contribution in [3.63, 3.8) is 0 Å². The van der Waals surface area contributed by atoms with E-state index in [0.29, 0.717) is 5.75 Å². The monoisotopic (exact) mass is 258 g/mol. The Kier molecular flexibility index (Phi) is 3.66. The number of carboxylic acid groups (broad SMARTS) is 1. The second-order valence-electron chi connectivity index (χ2n) is 4.11. The molecule has 1 aromatic heterocycles. The summed E-state index contributed by atoms with van der Waals surface area (Å²) in [5, 5.41) is 8.96. The van der Waals surface area contributed by atoms with Gasteiger partial charge in [0.15, 0.2) is 0 Å². The third-order valence-corrected chi connectivity index (χ3v) is 2.59. The number of carbonyl (C=O) groups is 1. The lowest BCUT2D eigenvalue weighted by molar-refractivity contribution is 0.0697. The molecule has 0 aliphatic rings. The van der Waals surface area contributed by atoms with Gasteiger partial charge in [0.25, 0.3) is 0 Å². The fourth-order valence-corrected chi connectivity index (χ4v) is 1.65. The molecule has 0 fully saturated rings. The molecule has 3 N–H and O–H groups in total. The van der Waals surface area contributed by atoms with Crippen LogP contribution in [0.2, 0.25) is 0 Å². The third kappa shape index (κ3) is 3.22. The highest BCUT2D eigenvalue weighted by atomic mass is 16.5. The molecule has 0 spiro atoms. The highest BCUT2D eigenvalue weighted by molar-refractivity contribution is 5.94. The predicted molar refractivity (Wildman–Crippen MR) is 71.1 cm³/mol. The Morgan fingerprint density at radius 1 is 1.37 bits per heavy atom. The minimum atomic E-state index is -1.07. The summed E-state index contributed by atoms with van der Waals surface area (Å²) in [4.78, 5) is 15.2. The van der Waals surface area contributed by atoms with Gasteiger partial charge in [-0.1, -0.05) is 6.07 Å². The molecule has 0 aliphatic carbocycles. The average molecular weight is 258 g/mol. The van der Waals surface area contributed by atoms with E-state index in [1.807, 2.05) is 25.1 Å². The normalized spacial score (nSPS) is 10.2. The zero-order valence-corrected chi connectivity index (χ0v) is 10.5. The van der Waals surface area contributed by atoms with Gasteiger partial charge >= 0.3 is 5.97 Å². The van der Waals surface area contributed by atoms with Crippen LogP contribution < -0.4 is 10.5 Å². The quantitative estimate of drug-likeness (QED) is 0.821. The molecule has 0 bridgehead atoms. The number of aromatic nitrogens is 1. The fraction of sp³-hybridized carbons (Fsp3) is 0.143. The van der Waals surface area contributed by atoms with Crippen LogP contribution in [-0.4, -0.2) is 16.1 Å². The topological polar surface area (TPSA) is 85.4 Å². The van der Waals surface area contributed by atoms with Crippen LogP contribution in [-0.2, 0) is 6.61 Å². The van der Waals surface area contributed by atoms with Crippen molar-refractivity contribution in [2.75, 3.05) is 5.73 Å². The minimum absolute atomic E-state index is 0.0368. The molecule has 2 rings (SSSR count). The number of nitrogens with zero attached hydrogens (tertiary/aromatic N) is 1. The number of hydrogen-bond acceptors (Lipinski definition) is 4. The van der Waals surface area contributed by atoms with E-state index in [1.165, 1.54) is 12.1 Å². The van der Waals surface area contributed by atoms with E-state index in [1.54, 1.807) is 6.07 Å². The minimum Gasteiger partial charge on any atom is -0.487 e. The molecule has 0 saturated carbocycles. The first-order chi connectivity index (χ1) is 9.06. The molecule has 2 aromatic rings. The number of nitrogens with two attached hydrogens (primary N) is 1. The number of hydrogen-bond donors (Lipinski definition) is 2. The van der Waals surface area contributed by atoms with Crippen molar-refractivity contribution in [3.8, 4) is 5.75 Å². The Morgan fingerprint density at radius 3 is 2.84 bits per heavy atom. The van der Waals surface area contributed by atoms with Crippen LogP contribution in [0.15, 0.2) is 36.4 Å². The summed E-state index contributed by atoms with van der Waals surface area (Å²) in [7, 11) is 0. The molecular formula is C14H14N2O3. The largest absolute Gasteiger partial charge is 0.487 e. The van der Waals surface area contributed by atoms with Crippen molar-refractivity contribution in [1.29, 1.82) is 0 Å². The Balaban J connectivity index is 2.12. The van der Waals surface area contributed by atoms with Crippen LogP contribution in [0.25, 0.3) is 0 Å². The van der Waals surface area contributed by atoms with Crippen molar-refractivity contribution in [1.82, 2.24) is 4.98 Å². The Morgan fingerprint density at radius 2 is 2.16 bits per heavy atom. The molecule has 0 aliphatic heterocycles. The lowest BCUT2D eigenvalue weighted by atomic mass is 10.2. The van der Waals surface area contributed by atoms with Gasteiger partial charge in [-0.2, -0.15) is 0 Å². The van der Waals surface area contributed by atoms with E-state index in [2.05, 4.69) is 4.98 Å². The summed E-state index contributed by atoms with van der Waals surface area (Å²) >= 11 is 0. The van der Waals surface area contributed by atoms with E-state index >= 15 is 0 Å². The maximum atomic E-state index is 10.9. The van der Waals surface area contributed by atoms with Crippen LogP contribution in [0.3, 0.4) is 0 Å². The van der Waals surface area contributed by atoms with E-state index in [4.69, 9.17) is 15.6 Å². The van der Waals surface area contributed by atoms with Crippen molar-refractivity contribution >= 4 is 11.7 Å². The van der Waals surface area contributed by atoms with Crippen molar-refractivity contribution < 1.29 is 14.6 Å². The van der Waals surface area contributed by atoms with Gasteiger partial charge in [-0.15, -0.1) is 0 Å². The van der Waals surface area contributed by atoms with E-state index in [-0.39, 0.29) is 17.9 Å². The fourth-order valence-electron chi connectivity index (χ4n) is 1.65. The Hall–Kier alpha value is -2.56. The van der Waals surface area contributed by atoms with Gasteiger partial charge in [0.2, 0.25) is 0 Å². The van der Waals surface area contributed by atoms with Gasteiger partial charge in [0.1, 0.15) is 12.4 Å².